The van der Waals surface area contributed by atoms with Crippen LogP contribution in [0.3, 0.4) is 0 Å². The van der Waals surface area contributed by atoms with E-state index in [0.29, 0.717) is 0 Å². The number of methoxy groups -OCH3 is 1. The lowest BCUT2D eigenvalue weighted by Gasteiger charge is -2.15. The Morgan fingerprint density at radius 3 is 2.76 bits per heavy atom. The van der Waals surface area contributed by atoms with Crippen LogP contribution in [0.4, 0.5) is 0 Å². The maximum absolute atomic E-state index is 5.47. The number of nitrogens with zero attached hydrogens (tertiary/aromatic N) is 2. The Morgan fingerprint density at radius 2 is 2.00 bits per heavy atom. The van der Waals surface area contributed by atoms with Crippen molar-refractivity contribution < 1.29 is 4.74 Å². The fourth-order valence-electron chi connectivity index (χ4n) is 2.84. The molecule has 1 atom stereocenters. The molecule has 0 radical (unpaired) electrons. The Balaban J connectivity index is 2.26. The van der Waals surface area contributed by atoms with Crippen LogP contribution < -0.4 is 0 Å². The van der Waals surface area contributed by atoms with Gasteiger partial charge in [0.15, 0.2) is 0 Å². The molecule has 0 aliphatic carbocycles. The topological polar surface area (TPSA) is 27.1 Å². The van der Waals surface area contributed by atoms with E-state index in [1.54, 1.807) is 7.11 Å². The van der Waals surface area contributed by atoms with Crippen molar-refractivity contribution in [2.75, 3.05) is 7.11 Å². The first kappa shape index (κ1) is 13.8. The molecule has 21 heavy (non-hydrogen) atoms. The Morgan fingerprint density at radius 1 is 1.19 bits per heavy atom. The van der Waals surface area contributed by atoms with Gasteiger partial charge in [0.1, 0.15) is 0 Å². The first-order valence-corrected chi connectivity index (χ1v) is 7.32. The van der Waals surface area contributed by atoms with Crippen molar-refractivity contribution in [3.63, 3.8) is 0 Å². The fraction of sp³-hybridized carbons (Fsp3) is 0.278. The van der Waals surface area contributed by atoms with Gasteiger partial charge in [-0.05, 0) is 38.1 Å². The molecular weight excluding hydrogens is 260 g/mol. The van der Waals surface area contributed by atoms with Gasteiger partial charge in [-0.15, -0.1) is 0 Å². The van der Waals surface area contributed by atoms with Gasteiger partial charge in [0, 0.05) is 36.3 Å². The van der Waals surface area contributed by atoms with E-state index in [1.165, 1.54) is 16.6 Å². The highest BCUT2D eigenvalue weighted by atomic mass is 16.5. The van der Waals surface area contributed by atoms with E-state index in [4.69, 9.17) is 4.74 Å². The smallest absolute Gasteiger partial charge is 0.0969 e. The molecule has 3 aromatic rings. The standard InChI is InChI=1S/C18H20N2O/c1-4-20-16-10-6-5-8-14(16)12-17(20)15-9-7-11-19-18(15)13(2)21-3/h5-13H,4H2,1-3H3. The zero-order valence-electron chi connectivity index (χ0n) is 12.7. The number of rotatable bonds is 4. The molecule has 0 saturated heterocycles. The Labute approximate surface area is 125 Å². The number of aryl methyl sites for hydroxylation is 1. The zero-order valence-corrected chi connectivity index (χ0v) is 12.7. The number of fused-ring (bicyclic) bond motifs is 1. The summed E-state index contributed by atoms with van der Waals surface area (Å²) in [5.74, 6) is 0. The quantitative estimate of drug-likeness (QED) is 0.707. The summed E-state index contributed by atoms with van der Waals surface area (Å²) < 4.78 is 7.81. The third kappa shape index (κ3) is 2.34. The van der Waals surface area contributed by atoms with Gasteiger partial charge >= 0.3 is 0 Å². The summed E-state index contributed by atoms with van der Waals surface area (Å²) in [6.45, 7) is 5.13. The van der Waals surface area contributed by atoms with Crippen LogP contribution in [0.15, 0.2) is 48.7 Å². The van der Waals surface area contributed by atoms with Crippen molar-refractivity contribution in [1.82, 2.24) is 9.55 Å². The molecule has 2 heterocycles. The molecular formula is C18H20N2O. The molecule has 108 valence electrons. The highest BCUT2D eigenvalue weighted by Crippen LogP contribution is 2.32. The van der Waals surface area contributed by atoms with E-state index in [-0.39, 0.29) is 6.10 Å². The lowest BCUT2D eigenvalue weighted by atomic mass is 10.1. The first-order chi connectivity index (χ1) is 10.3. The van der Waals surface area contributed by atoms with Crippen LogP contribution in [0, 0.1) is 0 Å². The summed E-state index contributed by atoms with van der Waals surface area (Å²) in [6.07, 6.45) is 1.80. The summed E-state index contributed by atoms with van der Waals surface area (Å²) in [5.41, 5.74) is 4.59. The number of ether oxygens (including phenoxy) is 1. The second-order valence-corrected chi connectivity index (χ2v) is 5.15. The highest BCUT2D eigenvalue weighted by Gasteiger charge is 2.16. The van der Waals surface area contributed by atoms with Gasteiger partial charge in [-0.25, -0.2) is 0 Å². The van der Waals surface area contributed by atoms with Crippen molar-refractivity contribution in [3.05, 3.63) is 54.4 Å². The van der Waals surface area contributed by atoms with Gasteiger partial charge in [-0.1, -0.05) is 18.2 Å². The zero-order chi connectivity index (χ0) is 14.8. The minimum Gasteiger partial charge on any atom is -0.375 e. The third-order valence-electron chi connectivity index (χ3n) is 3.98. The minimum atomic E-state index is -0.0236. The number of pyridine rings is 1. The number of para-hydroxylation sites is 1. The number of hydrogen-bond donors (Lipinski definition) is 0. The Hall–Kier alpha value is -2.13. The van der Waals surface area contributed by atoms with Gasteiger partial charge in [-0.2, -0.15) is 0 Å². The normalized spacial score (nSPS) is 12.7. The average molecular weight is 280 g/mol. The summed E-state index contributed by atoms with van der Waals surface area (Å²) in [5, 5.41) is 1.26. The lowest BCUT2D eigenvalue weighted by molar-refractivity contribution is 0.116. The van der Waals surface area contributed by atoms with Crippen LogP contribution in [-0.4, -0.2) is 16.7 Å². The predicted molar refractivity (Wildman–Crippen MR) is 86.3 cm³/mol. The number of benzene rings is 1. The van der Waals surface area contributed by atoms with Crippen molar-refractivity contribution in [3.8, 4) is 11.3 Å². The van der Waals surface area contributed by atoms with Crippen molar-refractivity contribution >= 4 is 10.9 Å². The molecule has 0 aliphatic rings. The molecule has 3 rings (SSSR count). The van der Waals surface area contributed by atoms with Gasteiger partial charge in [0.05, 0.1) is 17.5 Å². The van der Waals surface area contributed by atoms with Crippen LogP contribution >= 0.6 is 0 Å². The summed E-state index contributed by atoms with van der Waals surface area (Å²) in [6, 6.07) is 14.8. The van der Waals surface area contributed by atoms with E-state index in [9.17, 15) is 0 Å². The van der Waals surface area contributed by atoms with Gasteiger partial charge < -0.3 is 9.30 Å². The molecule has 3 nitrogen and oxygen atoms in total. The third-order valence-corrected chi connectivity index (χ3v) is 3.98. The SMILES string of the molecule is CCn1c(-c2cccnc2C(C)OC)cc2ccccc21. The molecule has 0 spiro atoms. The maximum Gasteiger partial charge on any atom is 0.0969 e. The van der Waals surface area contributed by atoms with Gasteiger partial charge in [0.2, 0.25) is 0 Å². The van der Waals surface area contributed by atoms with E-state index < -0.39 is 0 Å². The van der Waals surface area contributed by atoms with E-state index in [2.05, 4.69) is 52.9 Å². The molecule has 0 saturated carbocycles. The molecule has 0 aliphatic heterocycles. The van der Waals surface area contributed by atoms with Crippen LogP contribution in [0.5, 0.6) is 0 Å². The first-order valence-electron chi connectivity index (χ1n) is 7.32. The molecule has 3 heteroatoms. The summed E-state index contributed by atoms with van der Waals surface area (Å²) >= 11 is 0. The fourth-order valence-corrected chi connectivity index (χ4v) is 2.84. The maximum atomic E-state index is 5.47. The summed E-state index contributed by atoms with van der Waals surface area (Å²) in [4.78, 5) is 4.53. The monoisotopic (exact) mass is 280 g/mol. The minimum absolute atomic E-state index is 0.0236. The van der Waals surface area contributed by atoms with E-state index in [1.807, 2.05) is 19.2 Å². The number of aromatic nitrogens is 2. The second-order valence-electron chi connectivity index (χ2n) is 5.15. The van der Waals surface area contributed by atoms with Crippen molar-refractivity contribution in [2.24, 2.45) is 0 Å². The molecule has 1 unspecified atom stereocenters. The van der Waals surface area contributed by atoms with Gasteiger partial charge in [0.25, 0.3) is 0 Å². The Bertz CT molecular complexity index is 761. The largest absolute Gasteiger partial charge is 0.375 e. The molecule has 0 fully saturated rings. The highest BCUT2D eigenvalue weighted by molar-refractivity contribution is 5.87. The average Bonchev–Trinajstić information content (AvgIpc) is 2.92. The summed E-state index contributed by atoms with van der Waals surface area (Å²) in [7, 11) is 1.72. The predicted octanol–water partition coefficient (Wildman–Crippen LogP) is 4.43. The molecule has 2 aromatic heterocycles. The Kier molecular flexibility index (Phi) is 3.76. The van der Waals surface area contributed by atoms with Crippen LogP contribution in [0.2, 0.25) is 0 Å². The number of hydrogen-bond acceptors (Lipinski definition) is 2. The lowest BCUT2D eigenvalue weighted by Crippen LogP contribution is -2.04. The van der Waals surface area contributed by atoms with E-state index >= 15 is 0 Å². The van der Waals surface area contributed by atoms with Crippen LogP contribution in [0.25, 0.3) is 22.2 Å². The second kappa shape index (κ2) is 5.70. The van der Waals surface area contributed by atoms with Crippen LogP contribution in [0.1, 0.15) is 25.6 Å². The molecule has 0 N–H and O–H groups in total. The molecule has 0 amide bonds. The molecule has 1 aromatic carbocycles. The van der Waals surface area contributed by atoms with Crippen molar-refractivity contribution in [1.29, 1.82) is 0 Å². The molecule has 0 bridgehead atoms. The van der Waals surface area contributed by atoms with E-state index in [0.717, 1.165) is 17.8 Å². The van der Waals surface area contributed by atoms with Gasteiger partial charge in [-0.3, -0.25) is 4.98 Å². The van der Waals surface area contributed by atoms with Crippen LogP contribution in [-0.2, 0) is 11.3 Å². The van der Waals surface area contributed by atoms with Crippen molar-refractivity contribution in [2.45, 2.75) is 26.5 Å².